The van der Waals surface area contributed by atoms with E-state index in [9.17, 15) is 18.0 Å². The van der Waals surface area contributed by atoms with Crippen molar-refractivity contribution in [2.45, 2.75) is 39.2 Å². The Morgan fingerprint density at radius 1 is 1.22 bits per heavy atom. The lowest BCUT2D eigenvalue weighted by Gasteiger charge is -2.28. The smallest absolute Gasteiger partial charge is 0.333 e. The van der Waals surface area contributed by atoms with Crippen LogP contribution in [0.4, 0.5) is 13.2 Å². The highest BCUT2D eigenvalue weighted by molar-refractivity contribution is 5.80. The number of rotatable bonds is 3. The number of fused-ring (bicyclic) bond motifs is 2. The Morgan fingerprint density at radius 2 is 2.04 bits per heavy atom. The number of hydrogen-bond donors (Lipinski definition) is 0. The van der Waals surface area contributed by atoms with Crippen LogP contribution in [0.2, 0.25) is 0 Å². The zero-order valence-electron chi connectivity index (χ0n) is 14.6. The third-order valence-electron chi connectivity index (χ3n) is 4.69. The molecule has 0 N–H and O–H groups in total. The lowest BCUT2D eigenvalue weighted by atomic mass is 10.2. The SMILES string of the molecule is Cc1ccc2c(cnn2CCC(=O)N2CCn3c(nnc3C(F)(F)F)C2)c1. The maximum Gasteiger partial charge on any atom is 0.451 e. The molecule has 0 saturated heterocycles. The van der Waals surface area contributed by atoms with Crippen molar-refractivity contribution < 1.29 is 18.0 Å². The highest BCUT2D eigenvalue weighted by Gasteiger charge is 2.39. The van der Waals surface area contributed by atoms with E-state index in [-0.39, 0.29) is 37.8 Å². The van der Waals surface area contributed by atoms with Crippen LogP contribution in [0.5, 0.6) is 0 Å². The number of benzene rings is 1. The van der Waals surface area contributed by atoms with E-state index in [2.05, 4.69) is 15.3 Å². The maximum atomic E-state index is 12.9. The van der Waals surface area contributed by atoms with Crippen molar-refractivity contribution in [2.24, 2.45) is 0 Å². The van der Waals surface area contributed by atoms with E-state index >= 15 is 0 Å². The molecule has 0 radical (unpaired) electrons. The van der Waals surface area contributed by atoms with Crippen molar-refractivity contribution in [3.05, 3.63) is 41.6 Å². The Kier molecular flexibility index (Phi) is 4.12. The summed E-state index contributed by atoms with van der Waals surface area (Å²) in [6.07, 6.45) is -2.57. The third-order valence-corrected chi connectivity index (χ3v) is 4.69. The topological polar surface area (TPSA) is 68.8 Å². The minimum Gasteiger partial charge on any atom is -0.333 e. The van der Waals surface area contributed by atoms with Crippen LogP contribution in [0, 0.1) is 6.92 Å². The Bertz CT molecular complexity index is 1010. The van der Waals surface area contributed by atoms with Crippen LogP contribution < -0.4 is 0 Å². The van der Waals surface area contributed by atoms with Crippen molar-refractivity contribution in [3.8, 4) is 0 Å². The fourth-order valence-corrected chi connectivity index (χ4v) is 3.32. The zero-order chi connectivity index (χ0) is 19.2. The number of amides is 1. The predicted molar refractivity (Wildman–Crippen MR) is 89.5 cm³/mol. The first kappa shape index (κ1) is 17.5. The van der Waals surface area contributed by atoms with Gasteiger partial charge in [-0.3, -0.25) is 9.48 Å². The second kappa shape index (κ2) is 6.36. The molecule has 142 valence electrons. The number of carbonyl (C=O) groups excluding carboxylic acids is 1. The number of halogens is 3. The molecule has 10 heteroatoms. The quantitative estimate of drug-likeness (QED) is 0.702. The van der Waals surface area contributed by atoms with E-state index in [0.717, 1.165) is 21.0 Å². The maximum absolute atomic E-state index is 12.9. The summed E-state index contributed by atoms with van der Waals surface area (Å²) < 4.78 is 41.4. The second-order valence-corrected chi connectivity index (χ2v) is 6.58. The zero-order valence-corrected chi connectivity index (χ0v) is 14.6. The largest absolute Gasteiger partial charge is 0.451 e. The fraction of sp³-hybridized carbons (Fsp3) is 0.412. The summed E-state index contributed by atoms with van der Waals surface area (Å²) in [6.45, 7) is 2.67. The van der Waals surface area contributed by atoms with Crippen LogP contribution in [0.1, 0.15) is 23.6 Å². The van der Waals surface area contributed by atoms with Gasteiger partial charge in [-0.2, -0.15) is 18.3 Å². The fourth-order valence-electron chi connectivity index (χ4n) is 3.32. The Labute approximate surface area is 152 Å². The number of nitrogens with zero attached hydrogens (tertiary/aromatic N) is 6. The average Bonchev–Trinajstić information content (AvgIpc) is 3.22. The molecular weight excluding hydrogens is 361 g/mol. The summed E-state index contributed by atoms with van der Waals surface area (Å²) in [5.74, 6) is -1.00. The lowest BCUT2D eigenvalue weighted by Crippen LogP contribution is -2.39. The molecule has 0 fully saturated rings. The van der Waals surface area contributed by atoms with Gasteiger partial charge in [0.1, 0.15) is 0 Å². The summed E-state index contributed by atoms with van der Waals surface area (Å²) in [4.78, 5) is 14.0. The van der Waals surface area contributed by atoms with Gasteiger partial charge in [-0.15, -0.1) is 10.2 Å². The molecule has 0 bridgehead atoms. The molecule has 0 spiro atoms. The van der Waals surface area contributed by atoms with E-state index < -0.39 is 12.0 Å². The van der Waals surface area contributed by atoms with Gasteiger partial charge in [0.05, 0.1) is 24.8 Å². The van der Waals surface area contributed by atoms with E-state index in [4.69, 9.17) is 0 Å². The first-order valence-electron chi connectivity index (χ1n) is 8.52. The molecule has 0 atom stereocenters. The minimum atomic E-state index is -4.54. The van der Waals surface area contributed by atoms with Crippen molar-refractivity contribution in [3.63, 3.8) is 0 Å². The summed E-state index contributed by atoms with van der Waals surface area (Å²) in [7, 11) is 0. The molecule has 1 aromatic carbocycles. The second-order valence-electron chi connectivity index (χ2n) is 6.58. The molecule has 0 aliphatic carbocycles. The third kappa shape index (κ3) is 3.26. The van der Waals surface area contributed by atoms with Crippen LogP contribution >= 0.6 is 0 Å². The highest BCUT2D eigenvalue weighted by Crippen LogP contribution is 2.29. The first-order valence-corrected chi connectivity index (χ1v) is 8.52. The van der Waals surface area contributed by atoms with Gasteiger partial charge in [-0.25, -0.2) is 0 Å². The Balaban J connectivity index is 1.43. The monoisotopic (exact) mass is 378 g/mol. The molecule has 3 aromatic rings. The van der Waals surface area contributed by atoms with Gasteiger partial charge >= 0.3 is 6.18 Å². The number of alkyl halides is 3. The van der Waals surface area contributed by atoms with Gasteiger partial charge in [0.2, 0.25) is 11.7 Å². The Morgan fingerprint density at radius 3 is 2.81 bits per heavy atom. The number of aromatic nitrogens is 5. The van der Waals surface area contributed by atoms with E-state index in [1.54, 1.807) is 10.9 Å². The minimum absolute atomic E-state index is 0.0287. The molecular formula is C17H17F3N6O. The van der Waals surface area contributed by atoms with Gasteiger partial charge in [-0.1, -0.05) is 11.6 Å². The summed E-state index contributed by atoms with van der Waals surface area (Å²) in [5.41, 5.74) is 2.08. The van der Waals surface area contributed by atoms with Crippen LogP contribution in [0.15, 0.2) is 24.4 Å². The van der Waals surface area contributed by atoms with Crippen LogP contribution in [0.25, 0.3) is 10.9 Å². The molecule has 1 aliphatic rings. The summed E-state index contributed by atoms with van der Waals surface area (Å²) in [6, 6.07) is 5.97. The molecule has 0 saturated carbocycles. The highest BCUT2D eigenvalue weighted by atomic mass is 19.4. The molecule has 27 heavy (non-hydrogen) atoms. The van der Waals surface area contributed by atoms with Crippen molar-refractivity contribution >= 4 is 16.8 Å². The van der Waals surface area contributed by atoms with E-state index in [1.165, 1.54) is 4.90 Å². The average molecular weight is 378 g/mol. The van der Waals surface area contributed by atoms with Gasteiger partial charge in [-0.05, 0) is 19.1 Å². The molecule has 0 unspecified atom stereocenters. The van der Waals surface area contributed by atoms with Crippen LogP contribution in [-0.4, -0.2) is 41.9 Å². The molecule has 1 amide bonds. The molecule has 3 heterocycles. The standard InChI is InChI=1S/C17H17F3N6O/c1-11-2-3-13-12(8-11)9-21-26(13)5-4-15(27)24-6-7-25-14(10-24)22-23-16(25)17(18,19)20/h2-3,8-9H,4-7,10H2,1H3. The van der Waals surface area contributed by atoms with E-state index in [0.29, 0.717) is 6.54 Å². The van der Waals surface area contributed by atoms with Crippen molar-refractivity contribution in [1.29, 1.82) is 0 Å². The van der Waals surface area contributed by atoms with Crippen molar-refractivity contribution in [1.82, 2.24) is 29.4 Å². The molecule has 7 nitrogen and oxygen atoms in total. The van der Waals surface area contributed by atoms with Gasteiger partial charge in [0.25, 0.3) is 0 Å². The molecule has 1 aliphatic heterocycles. The summed E-state index contributed by atoms with van der Waals surface area (Å²) >= 11 is 0. The van der Waals surface area contributed by atoms with Crippen molar-refractivity contribution in [2.75, 3.05) is 6.54 Å². The van der Waals surface area contributed by atoms with Gasteiger partial charge in [0, 0.05) is 24.9 Å². The van der Waals surface area contributed by atoms with Crippen LogP contribution in [-0.2, 0) is 30.6 Å². The van der Waals surface area contributed by atoms with E-state index in [1.807, 2.05) is 25.1 Å². The number of aryl methyl sites for hydroxylation is 2. The van der Waals surface area contributed by atoms with Gasteiger partial charge < -0.3 is 9.47 Å². The summed E-state index contributed by atoms with van der Waals surface area (Å²) in [5, 5.41) is 12.1. The van der Waals surface area contributed by atoms with Gasteiger partial charge in [0.15, 0.2) is 5.82 Å². The number of hydrogen-bond acceptors (Lipinski definition) is 4. The molecule has 2 aromatic heterocycles. The number of carbonyl (C=O) groups is 1. The lowest BCUT2D eigenvalue weighted by molar-refractivity contribution is -0.148. The van der Waals surface area contributed by atoms with Crippen LogP contribution in [0.3, 0.4) is 0 Å². The Hall–Kier alpha value is -2.91. The molecule has 4 rings (SSSR count). The normalized spacial score (nSPS) is 14.6. The predicted octanol–water partition coefficient (Wildman–Crippen LogP) is 2.39. The first-order chi connectivity index (χ1) is 12.8.